The molecule has 14 N–H and O–H groups in total. The van der Waals surface area contributed by atoms with E-state index in [0.29, 0.717) is 25.8 Å². The fourth-order valence-electron chi connectivity index (χ4n) is 3.48. The Bertz CT molecular complexity index is 817. The molecular formula is C23H45N9O6. The highest BCUT2D eigenvalue weighted by atomic mass is 16.4. The second-order valence-corrected chi connectivity index (χ2v) is 9.50. The lowest BCUT2D eigenvalue weighted by Gasteiger charge is -2.26. The van der Waals surface area contributed by atoms with E-state index >= 15 is 0 Å². The fraction of sp³-hybridized carbons (Fsp3) is 0.739. The van der Waals surface area contributed by atoms with Gasteiger partial charge in [0.05, 0.1) is 6.04 Å². The lowest BCUT2D eigenvalue weighted by molar-refractivity contribution is -0.142. The van der Waals surface area contributed by atoms with Gasteiger partial charge in [0, 0.05) is 13.0 Å². The number of carboxylic acid groups (broad SMARTS) is 1. The molecule has 0 spiro atoms. The summed E-state index contributed by atoms with van der Waals surface area (Å²) in [6.07, 6.45) is 1.83. The summed E-state index contributed by atoms with van der Waals surface area (Å²) in [5.41, 5.74) is 27.0. The van der Waals surface area contributed by atoms with Gasteiger partial charge in [0.2, 0.25) is 23.6 Å². The van der Waals surface area contributed by atoms with Crippen LogP contribution in [0.1, 0.15) is 65.2 Å². The Morgan fingerprint density at radius 3 is 1.87 bits per heavy atom. The smallest absolute Gasteiger partial charge is 0.326 e. The number of hydrogen-bond donors (Lipinski definition) is 9. The number of guanidine groups is 1. The van der Waals surface area contributed by atoms with Gasteiger partial charge in [-0.2, -0.15) is 0 Å². The molecule has 4 amide bonds. The van der Waals surface area contributed by atoms with Gasteiger partial charge in [-0.1, -0.05) is 13.8 Å². The normalized spacial score (nSPS) is 14.0. The maximum absolute atomic E-state index is 13.2. The number of nitrogens with one attached hydrogen (secondary N) is 3. The first-order chi connectivity index (χ1) is 17.8. The molecule has 0 aromatic rings. The summed E-state index contributed by atoms with van der Waals surface area (Å²) in [5.74, 6) is -3.97. The molecule has 15 heteroatoms. The van der Waals surface area contributed by atoms with Crippen molar-refractivity contribution in [3.8, 4) is 0 Å². The lowest BCUT2D eigenvalue weighted by Crippen LogP contribution is -2.57. The number of aliphatic imine (C=N–C) groups is 1. The molecule has 0 aliphatic heterocycles. The third-order valence-electron chi connectivity index (χ3n) is 5.52. The van der Waals surface area contributed by atoms with Crippen molar-refractivity contribution in [3.63, 3.8) is 0 Å². The molecule has 38 heavy (non-hydrogen) atoms. The zero-order valence-electron chi connectivity index (χ0n) is 22.3. The maximum Gasteiger partial charge on any atom is 0.326 e. The Morgan fingerprint density at radius 2 is 1.34 bits per heavy atom. The third-order valence-corrected chi connectivity index (χ3v) is 5.52. The molecule has 0 fully saturated rings. The molecular weight excluding hydrogens is 498 g/mol. The van der Waals surface area contributed by atoms with Gasteiger partial charge < -0.3 is 49.7 Å². The highest BCUT2D eigenvalue weighted by molar-refractivity contribution is 5.94. The summed E-state index contributed by atoms with van der Waals surface area (Å²) in [6.45, 7) is 4.27. The fourth-order valence-corrected chi connectivity index (χ4v) is 3.48. The van der Waals surface area contributed by atoms with E-state index < -0.39 is 53.8 Å². The number of nitrogens with two attached hydrogens (primary N) is 5. The van der Waals surface area contributed by atoms with Crippen LogP contribution in [-0.4, -0.2) is 77.9 Å². The van der Waals surface area contributed by atoms with Crippen molar-refractivity contribution >= 4 is 35.6 Å². The zero-order valence-corrected chi connectivity index (χ0v) is 22.3. The quantitative estimate of drug-likeness (QED) is 0.0436. The second-order valence-electron chi connectivity index (χ2n) is 9.50. The molecule has 0 aliphatic rings. The topological polar surface area (TPSA) is 284 Å². The minimum atomic E-state index is -1.19. The first-order valence-electron chi connectivity index (χ1n) is 12.7. The van der Waals surface area contributed by atoms with Crippen LogP contribution in [0.3, 0.4) is 0 Å². The van der Waals surface area contributed by atoms with Gasteiger partial charge >= 0.3 is 5.97 Å². The van der Waals surface area contributed by atoms with Crippen LogP contribution >= 0.6 is 0 Å². The predicted molar refractivity (Wildman–Crippen MR) is 142 cm³/mol. The highest BCUT2D eigenvalue weighted by Gasteiger charge is 2.30. The Balaban J connectivity index is 5.58. The Hall–Kier alpha value is -3.46. The molecule has 4 atom stereocenters. The van der Waals surface area contributed by atoms with Crippen molar-refractivity contribution in [2.75, 3.05) is 13.1 Å². The monoisotopic (exact) mass is 543 g/mol. The summed E-state index contributed by atoms with van der Waals surface area (Å²) < 4.78 is 0. The van der Waals surface area contributed by atoms with Gasteiger partial charge in [-0.25, -0.2) is 4.79 Å². The van der Waals surface area contributed by atoms with Crippen LogP contribution in [0.15, 0.2) is 4.99 Å². The first kappa shape index (κ1) is 34.5. The number of primary amides is 1. The average Bonchev–Trinajstić information content (AvgIpc) is 2.82. The maximum atomic E-state index is 13.2. The molecule has 15 nitrogen and oxygen atoms in total. The third kappa shape index (κ3) is 15.6. The number of aliphatic carboxylic acids is 1. The van der Waals surface area contributed by atoms with Crippen LogP contribution in [0.25, 0.3) is 0 Å². The van der Waals surface area contributed by atoms with E-state index in [1.807, 2.05) is 13.8 Å². The van der Waals surface area contributed by atoms with Crippen molar-refractivity contribution in [2.24, 2.45) is 39.6 Å². The average molecular weight is 544 g/mol. The molecule has 4 unspecified atom stereocenters. The molecule has 0 saturated carbocycles. The SMILES string of the molecule is CC(C)CC(NC(=O)C(CCCN=C(N)N)NC(=O)C(N)CCC(N)=O)C(=O)NC(CCCCN)C(=O)O. The van der Waals surface area contributed by atoms with Crippen LogP contribution in [0, 0.1) is 5.92 Å². The van der Waals surface area contributed by atoms with E-state index in [4.69, 9.17) is 28.7 Å². The molecule has 218 valence electrons. The van der Waals surface area contributed by atoms with Crippen LogP contribution in [0.5, 0.6) is 0 Å². The highest BCUT2D eigenvalue weighted by Crippen LogP contribution is 2.09. The van der Waals surface area contributed by atoms with Gasteiger partial charge in [0.15, 0.2) is 5.96 Å². The Labute approximate surface area is 223 Å². The van der Waals surface area contributed by atoms with E-state index in [1.165, 1.54) is 0 Å². The van der Waals surface area contributed by atoms with Gasteiger partial charge in [-0.05, 0) is 57.4 Å². The summed E-state index contributed by atoms with van der Waals surface area (Å²) >= 11 is 0. The molecule has 0 aliphatic carbocycles. The molecule has 0 saturated heterocycles. The molecule has 0 aromatic carbocycles. The van der Waals surface area contributed by atoms with Crippen molar-refractivity contribution in [3.05, 3.63) is 0 Å². The Morgan fingerprint density at radius 1 is 0.789 bits per heavy atom. The standard InChI is InChI=1S/C23H45N9O6/c1-13(2)12-17(21(36)31-16(22(37)38)6-3-4-10-24)32-20(35)15(7-5-11-29-23(27)28)30-19(34)14(25)8-9-18(26)33/h13-17H,3-12,24-25H2,1-2H3,(H2,26,33)(H,30,34)(H,31,36)(H,32,35)(H,37,38)(H4,27,28,29). The number of hydrogen-bond acceptors (Lipinski definition) is 8. The minimum Gasteiger partial charge on any atom is -0.480 e. The summed E-state index contributed by atoms with van der Waals surface area (Å²) in [6, 6.07) is -4.38. The van der Waals surface area contributed by atoms with Crippen LogP contribution in [-0.2, 0) is 24.0 Å². The zero-order chi connectivity index (χ0) is 29.3. The second kappa shape index (κ2) is 18.7. The van der Waals surface area contributed by atoms with Crippen molar-refractivity contribution < 1.29 is 29.1 Å². The van der Waals surface area contributed by atoms with Crippen molar-refractivity contribution in [2.45, 2.75) is 89.4 Å². The van der Waals surface area contributed by atoms with Crippen LogP contribution in [0.4, 0.5) is 0 Å². The van der Waals surface area contributed by atoms with Crippen molar-refractivity contribution in [1.82, 2.24) is 16.0 Å². The minimum absolute atomic E-state index is 0.0113. The van der Waals surface area contributed by atoms with E-state index in [1.54, 1.807) is 0 Å². The number of amides is 4. The number of nitrogens with zero attached hydrogens (tertiary/aromatic N) is 1. The predicted octanol–water partition coefficient (Wildman–Crippen LogP) is -2.65. The first-order valence-corrected chi connectivity index (χ1v) is 12.7. The van der Waals surface area contributed by atoms with E-state index in [2.05, 4.69) is 20.9 Å². The van der Waals surface area contributed by atoms with Crippen LogP contribution in [0.2, 0.25) is 0 Å². The van der Waals surface area contributed by atoms with E-state index in [-0.39, 0.29) is 50.5 Å². The van der Waals surface area contributed by atoms with Crippen molar-refractivity contribution in [1.29, 1.82) is 0 Å². The number of rotatable bonds is 20. The molecule has 0 heterocycles. The van der Waals surface area contributed by atoms with E-state index in [9.17, 15) is 29.1 Å². The molecule has 0 bridgehead atoms. The summed E-state index contributed by atoms with van der Waals surface area (Å²) in [5, 5.41) is 17.1. The summed E-state index contributed by atoms with van der Waals surface area (Å²) in [7, 11) is 0. The van der Waals surface area contributed by atoms with E-state index in [0.717, 1.165) is 0 Å². The number of carbonyl (C=O) groups is 5. The molecule has 0 rings (SSSR count). The lowest BCUT2D eigenvalue weighted by atomic mass is 10.0. The largest absolute Gasteiger partial charge is 0.480 e. The van der Waals surface area contributed by atoms with Gasteiger partial charge in [0.25, 0.3) is 0 Å². The Kier molecular flexibility index (Phi) is 17.0. The summed E-state index contributed by atoms with van der Waals surface area (Å²) in [4.78, 5) is 65.2. The number of carbonyl (C=O) groups excluding carboxylic acids is 4. The van der Waals surface area contributed by atoms with Gasteiger partial charge in [-0.15, -0.1) is 0 Å². The van der Waals surface area contributed by atoms with Gasteiger partial charge in [-0.3, -0.25) is 24.2 Å². The van der Waals surface area contributed by atoms with Gasteiger partial charge in [0.1, 0.15) is 18.1 Å². The molecule has 0 aromatic heterocycles. The number of unbranched alkanes of at least 4 members (excludes halogenated alkanes) is 1. The molecule has 0 radical (unpaired) electrons. The number of carboxylic acids is 1. The van der Waals surface area contributed by atoms with Crippen LogP contribution < -0.4 is 44.6 Å².